The molecule has 11 heavy (non-hydrogen) atoms. The summed E-state index contributed by atoms with van der Waals surface area (Å²) in [6.45, 7) is 2.34. The van der Waals surface area contributed by atoms with Crippen molar-refractivity contribution in [2.45, 2.75) is 42.8 Å². The maximum atomic E-state index is 4.55. The molecule has 1 nitrogen and oxygen atoms in total. The maximum Gasteiger partial charge on any atom is 0.109 e. The van der Waals surface area contributed by atoms with Crippen LogP contribution in [-0.4, -0.2) is 26.2 Å². The highest BCUT2D eigenvalue weighted by molar-refractivity contribution is 7.81. The van der Waals surface area contributed by atoms with Crippen LogP contribution in [0.15, 0.2) is 0 Å². The minimum absolute atomic E-state index is 0.521. The van der Waals surface area contributed by atoms with Crippen molar-refractivity contribution in [3.63, 3.8) is 0 Å². The molecule has 0 bridgehead atoms. The zero-order chi connectivity index (χ0) is 8.48. The Morgan fingerprint density at radius 1 is 1.64 bits per heavy atom. The predicted octanol–water partition coefficient (Wildman–Crippen LogP) is 0.868. The van der Waals surface area contributed by atoms with Crippen molar-refractivity contribution in [2.24, 2.45) is 0 Å². The number of nitrogens with one attached hydrogen (secondary N) is 1. The predicted molar refractivity (Wildman–Crippen MR) is 56.4 cm³/mol. The summed E-state index contributed by atoms with van der Waals surface area (Å²) in [5.74, 6) is 0. The van der Waals surface area contributed by atoms with Crippen molar-refractivity contribution in [1.29, 1.82) is 0 Å². The lowest BCUT2D eigenvalue weighted by atomic mass is 9.60. The molecule has 0 spiro atoms. The van der Waals surface area contributed by atoms with Crippen LogP contribution in [0.25, 0.3) is 0 Å². The molecule has 0 radical (unpaired) electrons. The quantitative estimate of drug-likeness (QED) is 0.440. The highest BCUT2D eigenvalue weighted by atomic mass is 32.1. The monoisotopic (exact) mass is 171 g/mol. The smallest absolute Gasteiger partial charge is 0.109 e. The average Bonchev–Trinajstić information content (AvgIpc) is 1.94. The fourth-order valence-electron chi connectivity index (χ4n) is 1.87. The van der Waals surface area contributed by atoms with E-state index in [9.17, 15) is 0 Å². The molecule has 1 rings (SSSR count). The molecule has 0 heterocycles. The van der Waals surface area contributed by atoms with Gasteiger partial charge in [0.05, 0.1) is 0 Å². The summed E-state index contributed by atoms with van der Waals surface area (Å²) in [5, 5.41) is 4.42. The summed E-state index contributed by atoms with van der Waals surface area (Å²) >= 11 is 4.55. The van der Waals surface area contributed by atoms with E-state index in [1.54, 1.807) is 0 Å². The summed E-state index contributed by atoms with van der Waals surface area (Å²) in [6.07, 6.45) is 3.83. The van der Waals surface area contributed by atoms with Crippen LogP contribution in [-0.2, 0) is 0 Å². The van der Waals surface area contributed by atoms with Gasteiger partial charge in [0.1, 0.15) is 7.85 Å². The van der Waals surface area contributed by atoms with E-state index in [0.29, 0.717) is 16.6 Å². The van der Waals surface area contributed by atoms with Crippen LogP contribution in [0.4, 0.5) is 0 Å². The van der Waals surface area contributed by atoms with Gasteiger partial charge < -0.3 is 5.32 Å². The second-order valence-electron chi connectivity index (χ2n) is 4.37. The van der Waals surface area contributed by atoms with Crippen LogP contribution in [0.3, 0.4) is 0 Å². The Hall–Kier alpha value is 0.375. The Bertz CT molecular complexity index is 138. The lowest BCUT2D eigenvalue weighted by Gasteiger charge is -2.38. The van der Waals surface area contributed by atoms with Gasteiger partial charge in [0.15, 0.2) is 0 Å². The van der Waals surface area contributed by atoms with Crippen molar-refractivity contribution >= 4 is 20.5 Å². The van der Waals surface area contributed by atoms with E-state index in [4.69, 9.17) is 0 Å². The first-order valence-corrected chi connectivity index (χ1v) is 4.92. The third-order valence-electron chi connectivity index (χ3n) is 2.72. The Kier molecular flexibility index (Phi) is 2.93. The normalized spacial score (nSPS) is 45.7. The number of rotatable bonds is 1. The van der Waals surface area contributed by atoms with Crippen molar-refractivity contribution in [2.75, 3.05) is 7.05 Å². The second kappa shape index (κ2) is 3.40. The molecule has 1 aliphatic rings. The fraction of sp³-hybridized carbons (Fsp3) is 1.00. The molecule has 64 valence electrons. The van der Waals surface area contributed by atoms with Gasteiger partial charge in [0.2, 0.25) is 0 Å². The van der Waals surface area contributed by atoms with E-state index in [1.807, 2.05) is 7.05 Å². The van der Waals surface area contributed by atoms with Crippen molar-refractivity contribution in [3.05, 3.63) is 0 Å². The van der Waals surface area contributed by atoms with Gasteiger partial charge in [-0.25, -0.2) is 0 Å². The van der Waals surface area contributed by atoms with Gasteiger partial charge in [-0.1, -0.05) is 18.7 Å². The largest absolute Gasteiger partial charge is 0.316 e. The van der Waals surface area contributed by atoms with Crippen molar-refractivity contribution in [3.8, 4) is 0 Å². The third kappa shape index (κ3) is 2.41. The lowest BCUT2D eigenvalue weighted by Crippen LogP contribution is -2.41. The van der Waals surface area contributed by atoms with Crippen LogP contribution < -0.4 is 5.32 Å². The molecule has 3 unspecified atom stereocenters. The van der Waals surface area contributed by atoms with E-state index < -0.39 is 0 Å². The third-order valence-corrected chi connectivity index (χ3v) is 3.34. The van der Waals surface area contributed by atoms with E-state index in [2.05, 4.69) is 32.7 Å². The Balaban J connectivity index is 2.51. The zero-order valence-corrected chi connectivity index (χ0v) is 8.62. The molecule has 3 heteroatoms. The summed E-state index contributed by atoms with van der Waals surface area (Å²) in [6, 6.07) is 0.613. The van der Waals surface area contributed by atoms with E-state index in [1.165, 1.54) is 19.3 Å². The van der Waals surface area contributed by atoms with E-state index >= 15 is 0 Å². The van der Waals surface area contributed by atoms with Gasteiger partial charge in [0, 0.05) is 11.3 Å². The molecular formula is C8H18BNS. The fourth-order valence-corrected chi connectivity index (χ4v) is 2.25. The van der Waals surface area contributed by atoms with E-state index in [0.717, 1.165) is 0 Å². The minimum atomic E-state index is 0.521. The van der Waals surface area contributed by atoms with Crippen LogP contribution in [0.2, 0.25) is 5.31 Å². The van der Waals surface area contributed by atoms with Gasteiger partial charge in [-0.2, -0.15) is 12.6 Å². The topological polar surface area (TPSA) is 12.0 Å². The molecule has 0 aromatic rings. The standard InChI is InChI=1S/C8H18BNS/c1-8(9)4-3-7(11)6(5-8)10-2/h6-7,10-11H,3-5,9H2,1-2H3. The summed E-state index contributed by atoms with van der Waals surface area (Å²) in [4.78, 5) is 0. The highest BCUT2D eigenvalue weighted by Crippen LogP contribution is 2.40. The number of hydrogen-bond acceptors (Lipinski definition) is 2. The zero-order valence-electron chi connectivity index (χ0n) is 7.72. The molecule has 1 fully saturated rings. The first kappa shape index (κ1) is 9.46. The Labute approximate surface area is 76.1 Å². The lowest BCUT2D eigenvalue weighted by molar-refractivity contribution is 0.338. The van der Waals surface area contributed by atoms with Gasteiger partial charge in [-0.15, -0.1) is 0 Å². The van der Waals surface area contributed by atoms with Gasteiger partial charge in [0.25, 0.3) is 0 Å². The maximum absolute atomic E-state index is 4.55. The Morgan fingerprint density at radius 3 is 2.73 bits per heavy atom. The first-order valence-electron chi connectivity index (χ1n) is 4.40. The number of hydrogen-bond donors (Lipinski definition) is 2. The van der Waals surface area contributed by atoms with Crippen LogP contribution in [0, 0.1) is 0 Å². The van der Waals surface area contributed by atoms with Crippen molar-refractivity contribution in [1.82, 2.24) is 5.32 Å². The number of thiol groups is 1. The molecular weight excluding hydrogens is 153 g/mol. The SMILES string of the molecule is BC1(C)CCC(S)C(NC)C1. The summed E-state index contributed by atoms with van der Waals surface area (Å²) in [5.41, 5.74) is 0. The van der Waals surface area contributed by atoms with Gasteiger partial charge >= 0.3 is 0 Å². The first-order chi connectivity index (χ1) is 5.05. The van der Waals surface area contributed by atoms with Crippen LogP contribution in [0.1, 0.15) is 26.2 Å². The molecule has 1 saturated carbocycles. The van der Waals surface area contributed by atoms with E-state index in [-0.39, 0.29) is 0 Å². The van der Waals surface area contributed by atoms with Crippen LogP contribution >= 0.6 is 12.6 Å². The second-order valence-corrected chi connectivity index (χ2v) is 5.03. The molecule has 0 aromatic carbocycles. The van der Waals surface area contributed by atoms with Crippen LogP contribution in [0.5, 0.6) is 0 Å². The molecule has 0 aromatic heterocycles. The Morgan fingerprint density at radius 2 is 2.27 bits per heavy atom. The summed E-state index contributed by atoms with van der Waals surface area (Å²) in [7, 11) is 4.38. The molecule has 1 N–H and O–H groups in total. The molecule has 0 amide bonds. The molecule has 3 atom stereocenters. The average molecular weight is 171 g/mol. The molecule has 1 aliphatic carbocycles. The summed E-state index contributed by atoms with van der Waals surface area (Å²) < 4.78 is 0. The molecule has 0 saturated heterocycles. The minimum Gasteiger partial charge on any atom is -0.316 e. The highest BCUT2D eigenvalue weighted by Gasteiger charge is 2.31. The van der Waals surface area contributed by atoms with Gasteiger partial charge in [-0.3, -0.25) is 0 Å². The van der Waals surface area contributed by atoms with Gasteiger partial charge in [-0.05, 0) is 19.9 Å². The van der Waals surface area contributed by atoms with Crippen molar-refractivity contribution < 1.29 is 0 Å². The molecule has 0 aliphatic heterocycles.